The summed E-state index contributed by atoms with van der Waals surface area (Å²) in [5.41, 5.74) is 5.04. The van der Waals surface area contributed by atoms with E-state index in [9.17, 15) is 9.90 Å². The maximum atomic E-state index is 11.3. The van der Waals surface area contributed by atoms with E-state index in [-0.39, 0.29) is 5.56 Å². The molecule has 0 radical (unpaired) electrons. The van der Waals surface area contributed by atoms with Gasteiger partial charge in [-0.1, -0.05) is 54.1 Å². The average Bonchev–Trinajstić information content (AvgIpc) is 2.98. The van der Waals surface area contributed by atoms with Gasteiger partial charge in [0.05, 0.1) is 5.56 Å². The number of aryl methyl sites for hydroxylation is 1. The fourth-order valence-electron chi connectivity index (χ4n) is 3.32. The Labute approximate surface area is 161 Å². The first-order valence-corrected chi connectivity index (χ1v) is 9.00. The number of aromatic carboxylic acids is 1. The molecule has 0 aliphatic carbocycles. The monoisotopic (exact) mass is 376 g/mol. The number of rotatable bonds is 4. The van der Waals surface area contributed by atoms with Gasteiger partial charge >= 0.3 is 5.97 Å². The quantitative estimate of drug-likeness (QED) is 0.451. The van der Waals surface area contributed by atoms with E-state index in [1.165, 1.54) is 0 Å². The van der Waals surface area contributed by atoms with Crippen molar-refractivity contribution in [2.45, 2.75) is 13.3 Å². The third kappa shape index (κ3) is 3.34. The lowest BCUT2D eigenvalue weighted by atomic mass is 9.98. The van der Waals surface area contributed by atoms with Crippen LogP contribution in [0.2, 0.25) is 5.02 Å². The van der Waals surface area contributed by atoms with Gasteiger partial charge in [-0.2, -0.15) is 0 Å². The predicted molar refractivity (Wildman–Crippen MR) is 108 cm³/mol. The Hall–Kier alpha value is -3.04. The topological polar surface area (TPSA) is 50.4 Å². The highest BCUT2D eigenvalue weighted by molar-refractivity contribution is 6.31. The first-order chi connectivity index (χ1) is 13.0. The molecule has 0 saturated carbocycles. The fourth-order valence-corrected chi connectivity index (χ4v) is 3.56. The number of furan rings is 1. The van der Waals surface area contributed by atoms with Crippen molar-refractivity contribution >= 4 is 28.5 Å². The number of hydrogen-bond acceptors (Lipinski definition) is 2. The molecule has 4 heteroatoms. The summed E-state index contributed by atoms with van der Waals surface area (Å²) in [4.78, 5) is 11.3. The molecule has 0 spiro atoms. The maximum absolute atomic E-state index is 11.3. The number of fused-ring (bicyclic) bond motifs is 1. The van der Waals surface area contributed by atoms with Gasteiger partial charge in [0.25, 0.3) is 0 Å². The lowest BCUT2D eigenvalue weighted by Crippen LogP contribution is -1.96. The molecule has 0 atom stereocenters. The van der Waals surface area contributed by atoms with Gasteiger partial charge in [-0.15, -0.1) is 0 Å². The van der Waals surface area contributed by atoms with Gasteiger partial charge in [0.1, 0.15) is 11.3 Å². The highest BCUT2D eigenvalue weighted by Gasteiger charge is 2.15. The molecule has 0 bridgehead atoms. The minimum Gasteiger partial charge on any atom is -0.478 e. The second-order valence-corrected chi connectivity index (χ2v) is 6.91. The van der Waals surface area contributed by atoms with Crippen LogP contribution in [0, 0.1) is 6.92 Å². The molecule has 0 fully saturated rings. The van der Waals surface area contributed by atoms with Crippen molar-refractivity contribution in [3.8, 4) is 11.1 Å². The Bertz CT molecular complexity index is 1140. The first kappa shape index (κ1) is 17.4. The minimum absolute atomic E-state index is 0.245. The standard InChI is InChI=1S/C23H17ClO3/c1-14-19(20-12-18(23(25)26)9-10-22(20)27-14)11-17-8-7-16(13-21(17)24)15-5-3-2-4-6-15/h2-10,12-13H,11H2,1H3,(H,25,26). The molecule has 1 aromatic heterocycles. The van der Waals surface area contributed by atoms with Gasteiger partial charge in [0.15, 0.2) is 0 Å². The molecule has 3 aromatic carbocycles. The van der Waals surface area contributed by atoms with Crippen molar-refractivity contribution in [3.05, 3.63) is 94.2 Å². The molecular weight excluding hydrogens is 360 g/mol. The van der Waals surface area contributed by atoms with Crippen LogP contribution < -0.4 is 0 Å². The van der Waals surface area contributed by atoms with Crippen LogP contribution in [-0.2, 0) is 6.42 Å². The summed E-state index contributed by atoms with van der Waals surface area (Å²) < 4.78 is 5.80. The second-order valence-electron chi connectivity index (χ2n) is 6.50. The maximum Gasteiger partial charge on any atom is 0.335 e. The summed E-state index contributed by atoms with van der Waals surface area (Å²) in [6.07, 6.45) is 0.579. The molecule has 0 aliphatic rings. The van der Waals surface area contributed by atoms with Crippen molar-refractivity contribution in [3.63, 3.8) is 0 Å². The van der Waals surface area contributed by atoms with Crippen LogP contribution in [0.4, 0.5) is 0 Å². The molecule has 4 rings (SSSR count). The summed E-state index contributed by atoms with van der Waals surface area (Å²) in [5, 5.41) is 10.8. The number of carboxylic acid groups (broad SMARTS) is 1. The van der Waals surface area contributed by atoms with E-state index in [4.69, 9.17) is 16.0 Å². The van der Waals surface area contributed by atoms with Crippen molar-refractivity contribution in [1.29, 1.82) is 0 Å². The second kappa shape index (κ2) is 6.93. The summed E-state index contributed by atoms with van der Waals surface area (Å²) in [6, 6.07) is 21.0. The molecular formula is C23H17ClO3. The molecule has 0 amide bonds. The van der Waals surface area contributed by atoms with E-state index < -0.39 is 5.97 Å². The van der Waals surface area contributed by atoms with E-state index in [1.54, 1.807) is 18.2 Å². The van der Waals surface area contributed by atoms with Crippen LogP contribution in [0.3, 0.4) is 0 Å². The largest absolute Gasteiger partial charge is 0.478 e. The number of benzene rings is 3. The van der Waals surface area contributed by atoms with Crippen molar-refractivity contribution in [2.24, 2.45) is 0 Å². The molecule has 134 valence electrons. The van der Waals surface area contributed by atoms with Crippen LogP contribution in [-0.4, -0.2) is 11.1 Å². The lowest BCUT2D eigenvalue weighted by Gasteiger charge is -2.08. The van der Waals surface area contributed by atoms with Crippen LogP contribution in [0.25, 0.3) is 22.1 Å². The third-order valence-electron chi connectivity index (χ3n) is 4.77. The van der Waals surface area contributed by atoms with Gasteiger partial charge in [-0.3, -0.25) is 0 Å². The van der Waals surface area contributed by atoms with Gasteiger partial charge in [0.2, 0.25) is 0 Å². The summed E-state index contributed by atoms with van der Waals surface area (Å²) >= 11 is 6.56. The molecule has 27 heavy (non-hydrogen) atoms. The van der Waals surface area contributed by atoms with Crippen molar-refractivity contribution in [1.82, 2.24) is 0 Å². The Morgan fingerprint density at radius 1 is 1.00 bits per heavy atom. The van der Waals surface area contributed by atoms with E-state index in [1.807, 2.05) is 49.4 Å². The zero-order chi connectivity index (χ0) is 19.0. The van der Waals surface area contributed by atoms with Crippen LogP contribution in [0.1, 0.15) is 27.2 Å². The zero-order valence-electron chi connectivity index (χ0n) is 14.7. The summed E-state index contributed by atoms with van der Waals surface area (Å²) in [5.74, 6) is -0.178. The zero-order valence-corrected chi connectivity index (χ0v) is 15.5. The van der Waals surface area contributed by atoms with Crippen LogP contribution in [0.15, 0.2) is 71.1 Å². The normalized spacial score (nSPS) is 11.0. The third-order valence-corrected chi connectivity index (χ3v) is 5.12. The van der Waals surface area contributed by atoms with Crippen LogP contribution in [0.5, 0.6) is 0 Å². The van der Waals surface area contributed by atoms with Crippen molar-refractivity contribution < 1.29 is 14.3 Å². The molecule has 0 saturated heterocycles. The fraction of sp³-hybridized carbons (Fsp3) is 0.0870. The molecule has 1 heterocycles. The van der Waals surface area contributed by atoms with Gasteiger partial charge in [0, 0.05) is 22.4 Å². The average molecular weight is 377 g/mol. The minimum atomic E-state index is -0.952. The molecule has 1 N–H and O–H groups in total. The summed E-state index contributed by atoms with van der Waals surface area (Å²) in [6.45, 7) is 1.89. The smallest absolute Gasteiger partial charge is 0.335 e. The highest BCUT2D eigenvalue weighted by atomic mass is 35.5. The molecule has 0 aliphatic heterocycles. The van der Waals surface area contributed by atoms with E-state index >= 15 is 0 Å². The van der Waals surface area contributed by atoms with Crippen LogP contribution >= 0.6 is 11.6 Å². The Morgan fingerprint density at radius 3 is 2.48 bits per heavy atom. The molecule has 0 unspecified atom stereocenters. The van der Waals surface area contributed by atoms with E-state index in [0.29, 0.717) is 17.0 Å². The SMILES string of the molecule is Cc1oc2ccc(C(=O)O)cc2c1Cc1ccc(-c2ccccc2)cc1Cl. The number of hydrogen-bond donors (Lipinski definition) is 1. The first-order valence-electron chi connectivity index (χ1n) is 8.62. The summed E-state index contributed by atoms with van der Waals surface area (Å²) in [7, 11) is 0. The number of carbonyl (C=O) groups is 1. The molecule has 4 aromatic rings. The predicted octanol–water partition coefficient (Wildman–Crippen LogP) is 6.35. The molecule has 3 nitrogen and oxygen atoms in total. The lowest BCUT2D eigenvalue weighted by molar-refractivity contribution is 0.0697. The Morgan fingerprint density at radius 2 is 1.78 bits per heavy atom. The van der Waals surface area contributed by atoms with Crippen molar-refractivity contribution in [2.75, 3.05) is 0 Å². The van der Waals surface area contributed by atoms with Gasteiger partial charge in [-0.25, -0.2) is 4.79 Å². The number of halogens is 1. The Balaban J connectivity index is 1.73. The van der Waals surface area contributed by atoms with E-state index in [2.05, 4.69) is 6.07 Å². The Kier molecular flexibility index (Phi) is 4.46. The van der Waals surface area contributed by atoms with Gasteiger partial charge < -0.3 is 9.52 Å². The van der Waals surface area contributed by atoms with Gasteiger partial charge in [-0.05, 0) is 47.9 Å². The van der Waals surface area contributed by atoms with E-state index in [0.717, 1.165) is 33.4 Å². The number of carboxylic acids is 1. The highest BCUT2D eigenvalue weighted by Crippen LogP contribution is 2.32.